The van der Waals surface area contributed by atoms with E-state index in [1.807, 2.05) is 24.3 Å². The van der Waals surface area contributed by atoms with Crippen LogP contribution < -0.4 is 0 Å². The Morgan fingerprint density at radius 2 is 2.00 bits per heavy atom. The molecule has 0 aliphatic carbocycles. The monoisotopic (exact) mass is 331 g/mol. The summed E-state index contributed by atoms with van der Waals surface area (Å²) >= 11 is 3.37. The van der Waals surface area contributed by atoms with Crippen LogP contribution in [0.2, 0.25) is 0 Å². The molecule has 2 aromatic carbocycles. The van der Waals surface area contributed by atoms with Gasteiger partial charge < -0.3 is 4.98 Å². The third kappa shape index (κ3) is 2.39. The zero-order valence-electron chi connectivity index (χ0n) is 10.5. The van der Waals surface area contributed by atoms with Crippen LogP contribution in [0.25, 0.3) is 10.9 Å². The zero-order chi connectivity index (χ0) is 14.1. The minimum absolute atomic E-state index is 0.0977. The smallest absolute Gasteiger partial charge is 0.169 e. The molecule has 0 atom stereocenters. The van der Waals surface area contributed by atoms with Crippen molar-refractivity contribution in [1.82, 2.24) is 4.98 Å². The Balaban J connectivity index is 1.97. The molecule has 0 aliphatic heterocycles. The van der Waals surface area contributed by atoms with E-state index in [0.29, 0.717) is 16.5 Å². The molecule has 20 heavy (non-hydrogen) atoms. The summed E-state index contributed by atoms with van der Waals surface area (Å²) < 4.78 is 14.8. The van der Waals surface area contributed by atoms with E-state index in [0.717, 1.165) is 10.0 Å². The number of nitrogens with one attached hydrogen (secondary N) is 1. The van der Waals surface area contributed by atoms with E-state index in [2.05, 4.69) is 20.9 Å². The van der Waals surface area contributed by atoms with E-state index in [9.17, 15) is 9.18 Å². The molecule has 0 unspecified atom stereocenters. The molecule has 1 aromatic heterocycles. The standard InChI is InChI=1S/C16H11BrFNO/c17-11-4-1-3-10(7-11)8-15(20)12-9-19-14-6-2-5-13(18)16(12)14/h1-7,9,19H,8H2. The molecule has 0 spiro atoms. The van der Waals surface area contributed by atoms with Gasteiger partial charge in [0.2, 0.25) is 0 Å². The fourth-order valence-corrected chi connectivity index (χ4v) is 2.73. The van der Waals surface area contributed by atoms with Crippen LogP contribution in [-0.4, -0.2) is 10.8 Å². The lowest BCUT2D eigenvalue weighted by atomic mass is 10.0. The summed E-state index contributed by atoms with van der Waals surface area (Å²) in [7, 11) is 0. The van der Waals surface area contributed by atoms with E-state index in [1.54, 1.807) is 18.3 Å². The Hall–Kier alpha value is -1.94. The average molecular weight is 332 g/mol. The number of ketones is 1. The molecule has 0 saturated heterocycles. The number of benzene rings is 2. The quantitative estimate of drug-likeness (QED) is 0.704. The highest BCUT2D eigenvalue weighted by molar-refractivity contribution is 9.10. The van der Waals surface area contributed by atoms with Crippen molar-refractivity contribution in [2.75, 3.05) is 0 Å². The maximum absolute atomic E-state index is 13.9. The largest absolute Gasteiger partial charge is 0.360 e. The summed E-state index contributed by atoms with van der Waals surface area (Å²) in [5, 5.41) is 0.368. The van der Waals surface area contributed by atoms with Crippen molar-refractivity contribution < 1.29 is 9.18 Å². The second-order valence-electron chi connectivity index (χ2n) is 4.59. The van der Waals surface area contributed by atoms with Crippen LogP contribution in [0, 0.1) is 5.82 Å². The summed E-state index contributed by atoms with van der Waals surface area (Å²) in [5.41, 5.74) is 1.94. The molecular formula is C16H11BrFNO. The van der Waals surface area contributed by atoms with Crippen molar-refractivity contribution in [3.05, 3.63) is 70.1 Å². The van der Waals surface area contributed by atoms with Crippen LogP contribution in [0.15, 0.2) is 53.1 Å². The molecule has 0 amide bonds. The molecule has 1 heterocycles. The highest BCUT2D eigenvalue weighted by atomic mass is 79.9. The highest BCUT2D eigenvalue weighted by Crippen LogP contribution is 2.23. The van der Waals surface area contributed by atoms with Gasteiger partial charge in [-0.2, -0.15) is 0 Å². The van der Waals surface area contributed by atoms with Crippen LogP contribution in [0.3, 0.4) is 0 Å². The first-order valence-electron chi connectivity index (χ1n) is 6.18. The van der Waals surface area contributed by atoms with Gasteiger partial charge in [0, 0.05) is 33.6 Å². The molecule has 3 rings (SSSR count). The molecule has 1 N–H and O–H groups in total. The van der Waals surface area contributed by atoms with Gasteiger partial charge in [0.1, 0.15) is 5.82 Å². The molecular weight excluding hydrogens is 321 g/mol. The minimum Gasteiger partial charge on any atom is -0.360 e. The van der Waals surface area contributed by atoms with Gasteiger partial charge in [-0.3, -0.25) is 4.79 Å². The number of carbonyl (C=O) groups is 1. The van der Waals surface area contributed by atoms with Crippen LogP contribution in [0.4, 0.5) is 4.39 Å². The van der Waals surface area contributed by atoms with E-state index >= 15 is 0 Å². The number of rotatable bonds is 3. The third-order valence-corrected chi connectivity index (χ3v) is 3.70. The summed E-state index contributed by atoms with van der Waals surface area (Å²) in [4.78, 5) is 15.3. The number of Topliss-reactive ketones (excluding diaryl/α,β-unsaturated/α-hetero) is 1. The normalized spacial score (nSPS) is 10.9. The SMILES string of the molecule is O=C(Cc1cccc(Br)c1)c1c[nH]c2cccc(F)c12. The lowest BCUT2D eigenvalue weighted by molar-refractivity contribution is 0.0994. The second-order valence-corrected chi connectivity index (χ2v) is 5.51. The van der Waals surface area contributed by atoms with Crippen molar-refractivity contribution >= 4 is 32.6 Å². The van der Waals surface area contributed by atoms with Crippen molar-refractivity contribution in [1.29, 1.82) is 0 Å². The topological polar surface area (TPSA) is 32.9 Å². The van der Waals surface area contributed by atoms with Crippen LogP contribution in [0.1, 0.15) is 15.9 Å². The molecule has 0 saturated carbocycles. The maximum Gasteiger partial charge on any atom is 0.169 e. The van der Waals surface area contributed by atoms with Gasteiger partial charge in [-0.05, 0) is 29.8 Å². The predicted molar refractivity (Wildman–Crippen MR) is 80.4 cm³/mol. The number of aromatic nitrogens is 1. The van der Waals surface area contributed by atoms with Crippen LogP contribution in [0.5, 0.6) is 0 Å². The number of carbonyl (C=O) groups excluding carboxylic acids is 1. The van der Waals surface area contributed by atoms with Gasteiger partial charge in [-0.15, -0.1) is 0 Å². The lowest BCUT2D eigenvalue weighted by Crippen LogP contribution is -2.03. The molecule has 0 aliphatic rings. The predicted octanol–water partition coefficient (Wildman–Crippen LogP) is 4.49. The van der Waals surface area contributed by atoms with Gasteiger partial charge in [-0.25, -0.2) is 4.39 Å². The van der Waals surface area contributed by atoms with Gasteiger partial charge in [-0.1, -0.05) is 34.1 Å². The van der Waals surface area contributed by atoms with Crippen molar-refractivity contribution in [2.24, 2.45) is 0 Å². The van der Waals surface area contributed by atoms with Crippen LogP contribution >= 0.6 is 15.9 Å². The Labute approximate surface area is 123 Å². The average Bonchev–Trinajstić information content (AvgIpc) is 2.84. The first-order chi connectivity index (χ1) is 9.65. The molecule has 0 bridgehead atoms. The highest BCUT2D eigenvalue weighted by Gasteiger charge is 2.15. The Bertz CT molecular complexity index is 794. The number of hydrogen-bond donors (Lipinski definition) is 1. The second kappa shape index (κ2) is 5.21. The number of fused-ring (bicyclic) bond motifs is 1. The minimum atomic E-state index is -0.374. The van der Waals surface area contributed by atoms with Gasteiger partial charge >= 0.3 is 0 Å². The molecule has 0 fully saturated rings. The molecule has 100 valence electrons. The molecule has 4 heteroatoms. The zero-order valence-corrected chi connectivity index (χ0v) is 12.1. The van der Waals surface area contributed by atoms with Crippen LogP contribution in [-0.2, 0) is 6.42 Å². The fourth-order valence-electron chi connectivity index (χ4n) is 2.29. The molecule has 2 nitrogen and oxygen atoms in total. The van der Waals surface area contributed by atoms with E-state index in [-0.39, 0.29) is 18.0 Å². The van der Waals surface area contributed by atoms with Gasteiger partial charge in [0.25, 0.3) is 0 Å². The fraction of sp³-hybridized carbons (Fsp3) is 0.0625. The van der Waals surface area contributed by atoms with E-state index < -0.39 is 0 Å². The first-order valence-corrected chi connectivity index (χ1v) is 6.97. The third-order valence-electron chi connectivity index (χ3n) is 3.21. The number of H-pyrrole nitrogens is 1. The molecule has 3 aromatic rings. The van der Waals surface area contributed by atoms with E-state index in [4.69, 9.17) is 0 Å². The van der Waals surface area contributed by atoms with Gasteiger partial charge in [0.15, 0.2) is 5.78 Å². The summed E-state index contributed by atoms with van der Waals surface area (Å²) in [6.45, 7) is 0. The summed E-state index contributed by atoms with van der Waals surface area (Å²) in [6.07, 6.45) is 1.83. The van der Waals surface area contributed by atoms with Crippen molar-refractivity contribution in [3.63, 3.8) is 0 Å². The number of halogens is 2. The van der Waals surface area contributed by atoms with Crippen molar-refractivity contribution in [2.45, 2.75) is 6.42 Å². The maximum atomic E-state index is 13.9. The van der Waals surface area contributed by atoms with Gasteiger partial charge in [0.05, 0.1) is 0 Å². The number of aromatic amines is 1. The summed E-state index contributed by atoms with van der Waals surface area (Å²) in [6, 6.07) is 12.3. The number of hydrogen-bond acceptors (Lipinski definition) is 1. The Kier molecular flexibility index (Phi) is 3.40. The van der Waals surface area contributed by atoms with Crippen molar-refractivity contribution in [3.8, 4) is 0 Å². The first kappa shape index (κ1) is 13.1. The summed E-state index contributed by atoms with van der Waals surface area (Å²) in [5.74, 6) is -0.471. The lowest BCUT2D eigenvalue weighted by Gasteiger charge is -2.02. The van der Waals surface area contributed by atoms with E-state index in [1.165, 1.54) is 6.07 Å². The molecule has 0 radical (unpaired) electrons. The Morgan fingerprint density at radius 3 is 2.80 bits per heavy atom. The Morgan fingerprint density at radius 1 is 1.20 bits per heavy atom.